The number of benzene rings is 1. The van der Waals surface area contributed by atoms with Crippen LogP contribution in [0.15, 0.2) is 24.3 Å². The van der Waals surface area contributed by atoms with Crippen molar-refractivity contribution in [3.63, 3.8) is 0 Å². The molecule has 25 heavy (non-hydrogen) atoms. The van der Waals surface area contributed by atoms with Crippen molar-refractivity contribution in [3.8, 4) is 5.75 Å². The minimum atomic E-state index is -0.203. The average Bonchev–Trinajstić information content (AvgIpc) is 3.12. The fourth-order valence-corrected chi connectivity index (χ4v) is 4.43. The molecule has 2 saturated carbocycles. The SMILES string of the molecule is CCCCCOc1ccc(C(=O)O[C@H]2CC3C(C[C@@H]2C)C3(C)C)cc1. The van der Waals surface area contributed by atoms with Gasteiger partial charge in [0.05, 0.1) is 12.2 Å². The summed E-state index contributed by atoms with van der Waals surface area (Å²) in [5, 5.41) is 0. The third kappa shape index (κ3) is 4.02. The van der Waals surface area contributed by atoms with Crippen LogP contribution in [0.5, 0.6) is 5.75 Å². The van der Waals surface area contributed by atoms with Crippen LogP contribution in [0.2, 0.25) is 0 Å². The molecule has 0 aliphatic heterocycles. The molecule has 3 rings (SSSR count). The van der Waals surface area contributed by atoms with Gasteiger partial charge in [-0.2, -0.15) is 0 Å². The van der Waals surface area contributed by atoms with Crippen LogP contribution in [0, 0.1) is 23.2 Å². The third-order valence-corrected chi connectivity index (χ3v) is 6.40. The molecule has 0 amide bonds. The quantitative estimate of drug-likeness (QED) is 0.485. The predicted molar refractivity (Wildman–Crippen MR) is 99.8 cm³/mol. The Kier molecular flexibility index (Phi) is 5.41. The molecule has 3 heteroatoms. The maximum Gasteiger partial charge on any atom is 0.338 e. The maximum atomic E-state index is 12.5. The lowest BCUT2D eigenvalue weighted by Crippen LogP contribution is -2.29. The van der Waals surface area contributed by atoms with E-state index in [0.717, 1.165) is 37.0 Å². The zero-order valence-electron chi connectivity index (χ0n) is 16.1. The Morgan fingerprint density at radius 3 is 2.48 bits per heavy atom. The van der Waals surface area contributed by atoms with Crippen LogP contribution in [0.25, 0.3) is 0 Å². The van der Waals surface area contributed by atoms with Crippen molar-refractivity contribution < 1.29 is 14.3 Å². The number of rotatable bonds is 7. The Bertz CT molecular complexity index is 590. The van der Waals surface area contributed by atoms with Gasteiger partial charge < -0.3 is 9.47 Å². The van der Waals surface area contributed by atoms with Gasteiger partial charge in [-0.3, -0.25) is 0 Å². The van der Waals surface area contributed by atoms with Gasteiger partial charge in [0, 0.05) is 0 Å². The lowest BCUT2D eigenvalue weighted by Gasteiger charge is -2.28. The number of ether oxygens (including phenoxy) is 2. The van der Waals surface area contributed by atoms with E-state index in [2.05, 4.69) is 27.7 Å². The third-order valence-electron chi connectivity index (χ3n) is 6.40. The molecular formula is C22H32O3. The highest BCUT2D eigenvalue weighted by Crippen LogP contribution is 2.66. The van der Waals surface area contributed by atoms with Crippen LogP contribution in [0.4, 0.5) is 0 Å². The summed E-state index contributed by atoms with van der Waals surface area (Å²) in [6, 6.07) is 7.36. The fraction of sp³-hybridized carbons (Fsp3) is 0.682. The van der Waals surface area contributed by atoms with Crippen molar-refractivity contribution in [2.45, 2.75) is 65.9 Å². The van der Waals surface area contributed by atoms with Crippen molar-refractivity contribution in [2.24, 2.45) is 23.2 Å². The smallest absolute Gasteiger partial charge is 0.338 e. The van der Waals surface area contributed by atoms with Gasteiger partial charge in [-0.15, -0.1) is 0 Å². The average molecular weight is 344 g/mol. The Balaban J connectivity index is 1.51. The summed E-state index contributed by atoms with van der Waals surface area (Å²) in [5.74, 6) is 2.61. The number of carbonyl (C=O) groups is 1. The van der Waals surface area contributed by atoms with Gasteiger partial charge in [-0.25, -0.2) is 4.79 Å². The summed E-state index contributed by atoms with van der Waals surface area (Å²) in [6.45, 7) is 9.82. The van der Waals surface area contributed by atoms with E-state index >= 15 is 0 Å². The topological polar surface area (TPSA) is 35.5 Å². The summed E-state index contributed by atoms with van der Waals surface area (Å²) >= 11 is 0. The van der Waals surface area contributed by atoms with E-state index in [-0.39, 0.29) is 12.1 Å². The summed E-state index contributed by atoms with van der Waals surface area (Å²) in [7, 11) is 0. The summed E-state index contributed by atoms with van der Waals surface area (Å²) in [4.78, 5) is 12.5. The molecule has 2 aliphatic rings. The molecule has 0 N–H and O–H groups in total. The van der Waals surface area contributed by atoms with E-state index < -0.39 is 0 Å². The highest BCUT2D eigenvalue weighted by Gasteiger charge is 2.61. The van der Waals surface area contributed by atoms with Gasteiger partial charge in [0.25, 0.3) is 0 Å². The molecular weight excluding hydrogens is 312 g/mol. The first-order chi connectivity index (χ1) is 11.9. The molecule has 3 nitrogen and oxygen atoms in total. The number of carbonyl (C=O) groups excluding carboxylic acids is 1. The molecule has 2 fully saturated rings. The van der Waals surface area contributed by atoms with E-state index in [9.17, 15) is 4.79 Å². The normalized spacial score (nSPS) is 29.6. The molecule has 1 aromatic carbocycles. The Hall–Kier alpha value is -1.51. The van der Waals surface area contributed by atoms with Crippen molar-refractivity contribution in [1.82, 2.24) is 0 Å². The van der Waals surface area contributed by atoms with Gasteiger partial charge in [-0.1, -0.05) is 40.5 Å². The molecule has 0 saturated heterocycles. The van der Waals surface area contributed by atoms with Crippen LogP contribution in [-0.2, 0) is 4.74 Å². The minimum Gasteiger partial charge on any atom is -0.494 e. The predicted octanol–water partition coefficient (Wildman–Crippen LogP) is 5.48. The molecule has 2 unspecified atom stereocenters. The van der Waals surface area contributed by atoms with Crippen LogP contribution in [-0.4, -0.2) is 18.7 Å². The lowest BCUT2D eigenvalue weighted by molar-refractivity contribution is 0.00306. The van der Waals surface area contributed by atoms with E-state index in [1.165, 1.54) is 19.3 Å². The van der Waals surface area contributed by atoms with Crippen LogP contribution >= 0.6 is 0 Å². The van der Waals surface area contributed by atoms with Gasteiger partial charge >= 0.3 is 5.97 Å². The second kappa shape index (κ2) is 7.39. The highest BCUT2D eigenvalue weighted by atomic mass is 16.5. The molecule has 0 spiro atoms. The van der Waals surface area contributed by atoms with E-state index in [0.29, 0.717) is 16.9 Å². The zero-order valence-corrected chi connectivity index (χ0v) is 16.1. The fourth-order valence-electron chi connectivity index (χ4n) is 4.43. The molecule has 2 aliphatic carbocycles. The molecule has 138 valence electrons. The van der Waals surface area contributed by atoms with E-state index in [4.69, 9.17) is 9.47 Å². The first-order valence-corrected chi connectivity index (χ1v) is 9.87. The Labute approximate surface area is 152 Å². The second-order valence-electron chi connectivity index (χ2n) is 8.51. The van der Waals surface area contributed by atoms with Gasteiger partial charge in [0.15, 0.2) is 0 Å². The van der Waals surface area contributed by atoms with Crippen molar-refractivity contribution in [2.75, 3.05) is 6.61 Å². The zero-order chi connectivity index (χ0) is 18.0. The molecule has 1 aromatic rings. The molecule has 0 bridgehead atoms. The lowest BCUT2D eigenvalue weighted by atomic mass is 9.88. The minimum absolute atomic E-state index is 0.0560. The van der Waals surface area contributed by atoms with Gasteiger partial charge in [0.1, 0.15) is 11.9 Å². The molecule has 0 aromatic heterocycles. The molecule has 4 atom stereocenters. The summed E-state index contributed by atoms with van der Waals surface area (Å²) in [6.07, 6.45) is 5.69. The summed E-state index contributed by atoms with van der Waals surface area (Å²) in [5.41, 5.74) is 1.05. The van der Waals surface area contributed by atoms with Crippen molar-refractivity contribution in [1.29, 1.82) is 0 Å². The second-order valence-corrected chi connectivity index (χ2v) is 8.51. The van der Waals surface area contributed by atoms with Gasteiger partial charge in [0.2, 0.25) is 0 Å². The van der Waals surface area contributed by atoms with Crippen LogP contribution in [0.3, 0.4) is 0 Å². The number of esters is 1. The standard InChI is InChI=1S/C22H32O3/c1-5-6-7-12-24-17-10-8-16(9-11-17)21(23)25-20-14-19-18(13-15(20)2)22(19,3)4/h8-11,15,18-20H,5-7,12-14H2,1-4H3/t15-,18?,19?,20-/m0/s1. The Morgan fingerprint density at radius 2 is 1.80 bits per heavy atom. The first kappa shape index (κ1) is 18.3. The molecule has 0 heterocycles. The molecule has 0 radical (unpaired) electrons. The number of unbranched alkanes of at least 4 members (excludes halogenated alkanes) is 2. The van der Waals surface area contributed by atoms with Gasteiger partial charge in [-0.05, 0) is 66.7 Å². The summed E-state index contributed by atoms with van der Waals surface area (Å²) < 4.78 is 11.6. The number of hydrogen-bond donors (Lipinski definition) is 0. The van der Waals surface area contributed by atoms with E-state index in [1.807, 2.05) is 24.3 Å². The number of hydrogen-bond acceptors (Lipinski definition) is 3. The Morgan fingerprint density at radius 1 is 1.12 bits per heavy atom. The largest absolute Gasteiger partial charge is 0.494 e. The first-order valence-electron chi connectivity index (χ1n) is 9.87. The van der Waals surface area contributed by atoms with E-state index in [1.54, 1.807) is 0 Å². The van der Waals surface area contributed by atoms with Crippen LogP contribution < -0.4 is 4.74 Å². The highest BCUT2D eigenvalue weighted by molar-refractivity contribution is 5.89. The number of fused-ring (bicyclic) bond motifs is 1. The van der Waals surface area contributed by atoms with Crippen LogP contribution in [0.1, 0.15) is 70.2 Å². The van der Waals surface area contributed by atoms with Crippen molar-refractivity contribution >= 4 is 5.97 Å². The maximum absolute atomic E-state index is 12.5. The monoisotopic (exact) mass is 344 g/mol. The van der Waals surface area contributed by atoms with Crippen molar-refractivity contribution in [3.05, 3.63) is 29.8 Å².